The average Bonchev–Trinajstić information content (AvgIpc) is 4.04. The molecule has 2 fully saturated rings. The Morgan fingerprint density at radius 3 is 1.81 bits per heavy atom. The minimum absolute atomic E-state index is 0.00501. The monoisotopic (exact) mass is 815 g/mol. The van der Waals surface area contributed by atoms with Gasteiger partial charge in [-0.3, -0.25) is 29.0 Å². The lowest BCUT2D eigenvalue weighted by Crippen LogP contribution is -2.47. The maximum absolute atomic E-state index is 13.9. The Bertz CT molecular complexity index is 2010. The van der Waals surface area contributed by atoms with Crippen molar-refractivity contribution in [2.24, 2.45) is 0 Å². The first-order valence-electron chi connectivity index (χ1n) is 20.5. The summed E-state index contributed by atoms with van der Waals surface area (Å²) in [6.45, 7) is 1.18. The summed E-state index contributed by atoms with van der Waals surface area (Å²) in [4.78, 5) is 65.2. The number of nitrogens with one attached hydrogen (secondary N) is 1. The second-order valence-electron chi connectivity index (χ2n) is 16.6. The fourth-order valence-electron chi connectivity index (χ4n) is 9.31. The van der Waals surface area contributed by atoms with Gasteiger partial charge >= 0.3 is 0 Å². The second-order valence-corrected chi connectivity index (χ2v) is 19.1. The largest absolute Gasteiger partial charge is 0.331 e. The molecule has 8 rings (SSSR count). The summed E-state index contributed by atoms with van der Waals surface area (Å²) in [5.41, 5.74) is 6.23. The van der Waals surface area contributed by atoms with Gasteiger partial charge in [-0.05, 0) is 113 Å². The Hall–Kier alpha value is -4.42. The Morgan fingerprint density at radius 1 is 0.655 bits per heavy atom. The summed E-state index contributed by atoms with van der Waals surface area (Å²) in [5, 5.41) is 3.94. The summed E-state index contributed by atoms with van der Waals surface area (Å²) >= 11 is 3.82. The molecular formula is C47H53N5O4S2. The number of rotatable bonds is 12. The number of thioether (sulfide) groups is 2. The van der Waals surface area contributed by atoms with Crippen LogP contribution in [0.1, 0.15) is 65.6 Å². The van der Waals surface area contributed by atoms with Crippen LogP contribution in [0.2, 0.25) is 0 Å². The standard InChI is InChI=1S/C47H53N5O4S2/c1-49(2)43(31-13-7-5-8-14-31)46(55)51-23-11-17-36(51)38(53)26-30-19-22-39-34(25-30)28-42(57-39)41-27-33-20-21-35(29-40(33)58-41)48-45(54)37-18-12-24-52(37)47(56)44(50(3)4)32-15-9-6-10-16-32/h5-10,13-16,19-22,25,29,36-37,41-44H,11-12,17-18,23-24,26-28H2,1-4H3,(H,48,54)/t36-,37-,41?,42?,43+,44+/m0/s1. The highest BCUT2D eigenvalue weighted by Gasteiger charge is 2.41. The third-order valence-corrected chi connectivity index (χ3v) is 15.2. The molecule has 2 saturated heterocycles. The number of hydrogen-bond acceptors (Lipinski definition) is 8. The fourth-order valence-corrected chi connectivity index (χ4v) is 12.3. The van der Waals surface area contributed by atoms with E-state index in [-0.39, 0.29) is 23.5 Å². The van der Waals surface area contributed by atoms with Gasteiger partial charge in [0.25, 0.3) is 0 Å². The van der Waals surface area contributed by atoms with Gasteiger partial charge in [0, 0.05) is 45.5 Å². The van der Waals surface area contributed by atoms with Gasteiger partial charge in [0.2, 0.25) is 17.7 Å². The van der Waals surface area contributed by atoms with Gasteiger partial charge in [0.1, 0.15) is 18.1 Å². The Balaban J connectivity index is 0.870. The van der Waals surface area contributed by atoms with Gasteiger partial charge < -0.3 is 15.1 Å². The molecule has 58 heavy (non-hydrogen) atoms. The van der Waals surface area contributed by atoms with E-state index in [1.807, 2.05) is 133 Å². The molecule has 4 aromatic rings. The quantitative estimate of drug-likeness (QED) is 0.163. The highest BCUT2D eigenvalue weighted by Crippen LogP contribution is 2.49. The van der Waals surface area contributed by atoms with Gasteiger partial charge in [0.15, 0.2) is 5.78 Å². The molecule has 4 aliphatic heterocycles. The number of anilines is 1. The SMILES string of the molecule is CN(C)[C@@H](C(=O)N1CCC[C@H]1C(=O)Cc1ccc2c(c1)CC(C1Cc3ccc(NC(=O)[C@@H]4CCCN4C(=O)[C@@H](c4ccccc4)N(C)C)cc3S1)S2)c1ccccc1. The molecule has 0 saturated carbocycles. The first-order chi connectivity index (χ1) is 28.0. The number of hydrogen-bond donors (Lipinski definition) is 1. The van der Waals surface area contributed by atoms with E-state index in [0.717, 1.165) is 48.1 Å². The van der Waals surface area contributed by atoms with Crippen LogP contribution in [-0.4, -0.2) is 107 Å². The van der Waals surface area contributed by atoms with Crippen LogP contribution in [-0.2, 0) is 38.4 Å². The molecular weight excluding hydrogens is 763 g/mol. The summed E-state index contributed by atoms with van der Waals surface area (Å²) in [7, 11) is 7.65. The number of benzene rings is 4. The van der Waals surface area contributed by atoms with Crippen LogP contribution in [0, 0.1) is 0 Å². The number of nitrogens with zero attached hydrogens (tertiary/aromatic N) is 4. The van der Waals surface area contributed by atoms with E-state index in [9.17, 15) is 19.2 Å². The summed E-state index contributed by atoms with van der Waals surface area (Å²) in [5.74, 6) is -0.0704. The van der Waals surface area contributed by atoms with Gasteiger partial charge in [-0.25, -0.2) is 0 Å². The molecule has 2 unspecified atom stereocenters. The third kappa shape index (κ3) is 8.37. The molecule has 302 valence electrons. The van der Waals surface area contributed by atoms with Crippen molar-refractivity contribution in [1.29, 1.82) is 0 Å². The zero-order valence-corrected chi connectivity index (χ0v) is 35.4. The van der Waals surface area contributed by atoms with Crippen molar-refractivity contribution in [3.05, 3.63) is 125 Å². The van der Waals surface area contributed by atoms with Crippen molar-refractivity contribution >= 4 is 52.7 Å². The predicted molar refractivity (Wildman–Crippen MR) is 232 cm³/mol. The number of likely N-dealkylation sites (N-methyl/N-ethyl adjacent to an activating group) is 2. The maximum Gasteiger partial charge on any atom is 0.247 e. The molecule has 0 bridgehead atoms. The zero-order valence-electron chi connectivity index (χ0n) is 33.8. The van der Waals surface area contributed by atoms with Crippen LogP contribution in [0.3, 0.4) is 0 Å². The predicted octanol–water partition coefficient (Wildman–Crippen LogP) is 7.06. The first-order valence-corrected chi connectivity index (χ1v) is 22.3. The number of fused-ring (bicyclic) bond motifs is 2. The minimum atomic E-state index is -0.504. The highest BCUT2D eigenvalue weighted by atomic mass is 32.2. The van der Waals surface area contributed by atoms with Gasteiger partial charge in [0.05, 0.1) is 6.04 Å². The van der Waals surface area contributed by atoms with Crippen molar-refractivity contribution in [3.8, 4) is 0 Å². The van der Waals surface area contributed by atoms with E-state index in [0.29, 0.717) is 42.9 Å². The van der Waals surface area contributed by atoms with E-state index in [1.54, 1.807) is 4.90 Å². The number of likely N-dealkylation sites (tertiary alicyclic amines) is 2. The molecule has 4 heterocycles. The molecule has 4 aromatic carbocycles. The van der Waals surface area contributed by atoms with Crippen molar-refractivity contribution in [3.63, 3.8) is 0 Å². The number of ketones is 1. The molecule has 0 aliphatic carbocycles. The van der Waals surface area contributed by atoms with Crippen LogP contribution < -0.4 is 5.32 Å². The zero-order chi connectivity index (χ0) is 40.5. The van der Waals surface area contributed by atoms with Crippen LogP contribution in [0.4, 0.5) is 5.69 Å². The lowest BCUT2D eigenvalue weighted by atomic mass is 9.97. The molecule has 0 spiro atoms. The van der Waals surface area contributed by atoms with E-state index >= 15 is 0 Å². The van der Waals surface area contributed by atoms with E-state index in [4.69, 9.17) is 0 Å². The normalized spacial score (nSPS) is 22.2. The number of amides is 3. The maximum atomic E-state index is 13.9. The lowest BCUT2D eigenvalue weighted by molar-refractivity contribution is -0.141. The molecule has 11 heteroatoms. The summed E-state index contributed by atoms with van der Waals surface area (Å²) in [6, 6.07) is 30.5. The average molecular weight is 816 g/mol. The minimum Gasteiger partial charge on any atom is -0.331 e. The molecule has 3 amide bonds. The summed E-state index contributed by atoms with van der Waals surface area (Å²) < 4.78 is 0. The van der Waals surface area contributed by atoms with Crippen molar-refractivity contribution < 1.29 is 19.2 Å². The van der Waals surface area contributed by atoms with E-state index in [1.165, 1.54) is 20.9 Å². The van der Waals surface area contributed by atoms with E-state index in [2.05, 4.69) is 35.6 Å². The Kier molecular flexibility index (Phi) is 12.1. The Labute approximate surface area is 350 Å². The molecule has 9 nitrogen and oxygen atoms in total. The number of carbonyl (C=O) groups is 4. The smallest absolute Gasteiger partial charge is 0.247 e. The van der Waals surface area contributed by atoms with Gasteiger partial charge in [-0.15, -0.1) is 23.5 Å². The number of Topliss-reactive ketones (excluding diaryl/α,β-unsaturated/α-hetero) is 1. The second kappa shape index (κ2) is 17.4. The van der Waals surface area contributed by atoms with E-state index < -0.39 is 24.2 Å². The van der Waals surface area contributed by atoms with Crippen LogP contribution >= 0.6 is 23.5 Å². The first kappa shape index (κ1) is 40.4. The van der Waals surface area contributed by atoms with Crippen LogP contribution in [0.15, 0.2) is 107 Å². The van der Waals surface area contributed by atoms with Crippen LogP contribution in [0.25, 0.3) is 0 Å². The number of carbonyl (C=O) groups excluding carboxylic acids is 4. The van der Waals surface area contributed by atoms with Gasteiger partial charge in [-0.1, -0.05) is 78.9 Å². The third-order valence-electron chi connectivity index (χ3n) is 12.1. The topological polar surface area (TPSA) is 93.3 Å². The summed E-state index contributed by atoms with van der Waals surface area (Å²) in [6.07, 6.45) is 5.21. The highest BCUT2D eigenvalue weighted by molar-refractivity contribution is 8.04. The van der Waals surface area contributed by atoms with Crippen molar-refractivity contribution in [1.82, 2.24) is 19.6 Å². The molecule has 1 N–H and O–H groups in total. The van der Waals surface area contributed by atoms with Crippen molar-refractivity contribution in [2.45, 2.75) is 89.4 Å². The molecule has 6 atom stereocenters. The molecule has 4 aliphatic rings. The van der Waals surface area contributed by atoms with Crippen LogP contribution in [0.5, 0.6) is 0 Å². The van der Waals surface area contributed by atoms with Gasteiger partial charge in [-0.2, -0.15) is 0 Å². The Morgan fingerprint density at radius 2 is 1.21 bits per heavy atom. The molecule has 0 radical (unpaired) electrons. The lowest BCUT2D eigenvalue weighted by Gasteiger charge is -2.31. The molecule has 0 aromatic heterocycles. The fraction of sp³-hybridized carbons (Fsp3) is 0.404. The van der Waals surface area contributed by atoms with Crippen molar-refractivity contribution in [2.75, 3.05) is 46.6 Å².